The number of carbonyl (C=O) groups excluding carboxylic acids is 2. The molecule has 0 aromatic heterocycles. The van der Waals surface area contributed by atoms with Crippen molar-refractivity contribution in [2.75, 3.05) is 37.0 Å². The van der Waals surface area contributed by atoms with E-state index in [1.807, 2.05) is 79.7 Å². The van der Waals surface area contributed by atoms with Crippen molar-refractivity contribution in [1.82, 2.24) is 0 Å². The summed E-state index contributed by atoms with van der Waals surface area (Å²) in [6, 6.07) is 22.0. The lowest BCUT2D eigenvalue weighted by Crippen LogP contribution is -2.38. The molecule has 0 N–H and O–H groups in total. The van der Waals surface area contributed by atoms with Crippen molar-refractivity contribution >= 4 is 29.3 Å². The Hall–Kier alpha value is -3.69. The molecule has 39 heavy (non-hydrogen) atoms. The van der Waals surface area contributed by atoms with Gasteiger partial charge in [-0.05, 0) is 54.8 Å². The Morgan fingerprint density at radius 2 is 1.77 bits per heavy atom. The number of hydrogen-bond acceptors (Lipinski definition) is 8. The van der Waals surface area contributed by atoms with Crippen LogP contribution in [0.5, 0.6) is 5.75 Å². The first-order valence-corrected chi connectivity index (χ1v) is 14.0. The van der Waals surface area contributed by atoms with Crippen LogP contribution >= 0.6 is 11.8 Å². The monoisotopic (exact) mass is 548 g/mol. The zero-order valence-corrected chi connectivity index (χ0v) is 22.9. The molecule has 0 saturated carbocycles. The third-order valence-electron chi connectivity index (χ3n) is 6.31. The maximum atomic E-state index is 12.7. The van der Waals surface area contributed by atoms with Crippen LogP contribution in [0.1, 0.15) is 36.6 Å². The summed E-state index contributed by atoms with van der Waals surface area (Å²) in [4.78, 5) is 39.2. The average Bonchev–Trinajstić information content (AvgIpc) is 2.96. The van der Waals surface area contributed by atoms with E-state index in [0.29, 0.717) is 44.3 Å². The van der Waals surface area contributed by atoms with Crippen LogP contribution < -0.4 is 9.64 Å². The van der Waals surface area contributed by atoms with Gasteiger partial charge in [0, 0.05) is 17.9 Å². The van der Waals surface area contributed by atoms with Crippen LogP contribution in [0.4, 0.5) is 5.69 Å². The molecular formula is C30H32N2O6S. The largest absolute Gasteiger partial charge is 0.492 e. The molecule has 1 aliphatic heterocycles. The number of carbonyl (C=O) groups is 2. The van der Waals surface area contributed by atoms with Crippen LogP contribution in [0.25, 0.3) is 0 Å². The van der Waals surface area contributed by atoms with Gasteiger partial charge >= 0.3 is 5.97 Å². The van der Waals surface area contributed by atoms with Gasteiger partial charge in [0.05, 0.1) is 24.6 Å². The lowest BCUT2D eigenvalue weighted by molar-refractivity contribution is -0.156. The predicted molar refractivity (Wildman–Crippen MR) is 151 cm³/mol. The molecule has 0 bridgehead atoms. The van der Waals surface area contributed by atoms with E-state index < -0.39 is 12.1 Å². The van der Waals surface area contributed by atoms with Crippen molar-refractivity contribution in [3.05, 3.63) is 94.4 Å². The van der Waals surface area contributed by atoms with Crippen molar-refractivity contribution in [1.29, 1.82) is 0 Å². The SMILES string of the molecule is CCOC(=O)C(Cc1ccc(OCCN2C(=O)CSc3cc(C(N=O)c4ccccc4)ccc32)cc1)OCC. The topological polar surface area (TPSA) is 94.5 Å². The third-order valence-corrected chi connectivity index (χ3v) is 7.34. The molecule has 1 aliphatic rings. The first kappa shape index (κ1) is 28.3. The van der Waals surface area contributed by atoms with E-state index in [-0.39, 0.29) is 11.9 Å². The summed E-state index contributed by atoms with van der Waals surface area (Å²) >= 11 is 1.46. The molecular weight excluding hydrogens is 516 g/mol. The highest BCUT2D eigenvalue weighted by Gasteiger charge is 2.26. The maximum Gasteiger partial charge on any atom is 0.335 e. The molecule has 3 aromatic rings. The molecule has 2 unspecified atom stereocenters. The molecule has 8 nitrogen and oxygen atoms in total. The Bertz CT molecular complexity index is 1270. The van der Waals surface area contributed by atoms with Crippen molar-refractivity contribution < 1.29 is 23.8 Å². The number of ether oxygens (including phenoxy) is 3. The van der Waals surface area contributed by atoms with Crippen molar-refractivity contribution in [3.8, 4) is 5.75 Å². The van der Waals surface area contributed by atoms with Gasteiger partial charge in [-0.1, -0.05) is 53.7 Å². The molecule has 0 radical (unpaired) electrons. The van der Waals surface area contributed by atoms with Gasteiger partial charge in [-0.3, -0.25) is 4.79 Å². The van der Waals surface area contributed by atoms with Crippen LogP contribution in [0, 0.1) is 4.91 Å². The molecule has 2 atom stereocenters. The molecule has 3 aromatic carbocycles. The standard InChI is InChI=1S/C30H32N2O6S/c1-3-36-26(30(34)37-4-2)18-21-10-13-24(14-11-21)38-17-16-32-25-15-12-23(19-27(25)39-20-28(32)33)29(31-35)22-8-6-5-7-9-22/h5-15,19,26,29H,3-4,16-18,20H2,1-2H3. The van der Waals surface area contributed by atoms with Gasteiger partial charge in [0.25, 0.3) is 0 Å². The number of nitroso groups, excluding NO2 is 1. The number of rotatable bonds is 13. The number of anilines is 1. The average molecular weight is 549 g/mol. The van der Waals surface area contributed by atoms with E-state index in [1.165, 1.54) is 11.8 Å². The summed E-state index contributed by atoms with van der Waals surface area (Å²) < 4.78 is 16.6. The van der Waals surface area contributed by atoms with Crippen LogP contribution in [0.15, 0.2) is 82.9 Å². The zero-order valence-electron chi connectivity index (χ0n) is 22.1. The highest BCUT2D eigenvalue weighted by molar-refractivity contribution is 8.00. The zero-order chi connectivity index (χ0) is 27.6. The fourth-order valence-electron chi connectivity index (χ4n) is 4.42. The third kappa shape index (κ3) is 7.25. The van der Waals surface area contributed by atoms with Crippen LogP contribution in [0.2, 0.25) is 0 Å². The number of amides is 1. The second-order valence-corrected chi connectivity index (χ2v) is 9.89. The summed E-state index contributed by atoms with van der Waals surface area (Å²) in [5.41, 5.74) is 3.36. The summed E-state index contributed by atoms with van der Waals surface area (Å²) in [6.07, 6.45) is -0.230. The minimum atomic E-state index is -0.643. The fraction of sp³-hybridized carbons (Fsp3) is 0.333. The number of thioether (sulfide) groups is 1. The number of nitrogens with zero attached hydrogens (tertiary/aromatic N) is 2. The van der Waals surface area contributed by atoms with Crippen LogP contribution in [-0.4, -0.2) is 50.1 Å². The Morgan fingerprint density at radius 3 is 2.46 bits per heavy atom. The van der Waals surface area contributed by atoms with E-state index in [2.05, 4.69) is 5.18 Å². The number of hydrogen-bond donors (Lipinski definition) is 0. The highest BCUT2D eigenvalue weighted by atomic mass is 32.2. The minimum Gasteiger partial charge on any atom is -0.492 e. The Balaban J connectivity index is 1.37. The summed E-state index contributed by atoms with van der Waals surface area (Å²) in [5.74, 6) is 0.625. The lowest BCUT2D eigenvalue weighted by Gasteiger charge is -2.29. The van der Waals surface area contributed by atoms with Gasteiger partial charge in [-0.15, -0.1) is 16.7 Å². The summed E-state index contributed by atoms with van der Waals surface area (Å²) in [6.45, 7) is 5.04. The van der Waals surface area contributed by atoms with E-state index in [1.54, 1.807) is 11.8 Å². The first-order valence-electron chi connectivity index (χ1n) is 13.0. The van der Waals surface area contributed by atoms with Gasteiger partial charge < -0.3 is 19.1 Å². The molecule has 0 aliphatic carbocycles. The van der Waals surface area contributed by atoms with Gasteiger partial charge in [-0.2, -0.15) is 0 Å². The molecule has 0 spiro atoms. The van der Waals surface area contributed by atoms with E-state index in [9.17, 15) is 14.5 Å². The molecule has 0 fully saturated rings. The smallest absolute Gasteiger partial charge is 0.335 e. The summed E-state index contributed by atoms with van der Waals surface area (Å²) in [5, 5.41) is 3.35. The van der Waals surface area contributed by atoms with E-state index in [0.717, 1.165) is 27.3 Å². The second-order valence-electron chi connectivity index (χ2n) is 8.87. The highest BCUT2D eigenvalue weighted by Crippen LogP contribution is 2.38. The van der Waals surface area contributed by atoms with Gasteiger partial charge in [0.15, 0.2) is 6.10 Å². The Morgan fingerprint density at radius 1 is 1.00 bits per heavy atom. The van der Waals surface area contributed by atoms with Gasteiger partial charge in [0.1, 0.15) is 18.4 Å². The lowest BCUT2D eigenvalue weighted by atomic mass is 9.99. The van der Waals surface area contributed by atoms with Crippen LogP contribution in [0.3, 0.4) is 0 Å². The first-order chi connectivity index (χ1) is 19.0. The van der Waals surface area contributed by atoms with Crippen molar-refractivity contribution in [2.45, 2.75) is 37.3 Å². The van der Waals surface area contributed by atoms with Crippen molar-refractivity contribution in [2.24, 2.45) is 5.18 Å². The quantitative estimate of drug-likeness (QED) is 0.204. The maximum absolute atomic E-state index is 12.7. The van der Waals surface area contributed by atoms with Crippen LogP contribution in [-0.2, 0) is 25.5 Å². The van der Waals surface area contributed by atoms with E-state index in [4.69, 9.17) is 14.2 Å². The predicted octanol–water partition coefficient (Wildman–Crippen LogP) is 5.57. The van der Waals surface area contributed by atoms with Gasteiger partial charge in [0.2, 0.25) is 5.91 Å². The molecule has 9 heteroatoms. The Labute approximate surface area is 232 Å². The fourth-order valence-corrected chi connectivity index (χ4v) is 5.40. The normalized spacial score (nSPS) is 14.3. The molecule has 204 valence electrons. The van der Waals surface area contributed by atoms with Gasteiger partial charge in [-0.25, -0.2) is 4.79 Å². The summed E-state index contributed by atoms with van der Waals surface area (Å²) in [7, 11) is 0. The number of fused-ring (bicyclic) bond motifs is 1. The molecule has 4 rings (SSSR count). The molecule has 1 amide bonds. The second kappa shape index (κ2) is 13.9. The van der Waals surface area contributed by atoms with Crippen molar-refractivity contribution in [3.63, 3.8) is 0 Å². The number of benzene rings is 3. The minimum absolute atomic E-state index is 0.00764. The molecule has 1 heterocycles. The Kier molecular flexibility index (Phi) is 10.1. The van der Waals surface area contributed by atoms with E-state index >= 15 is 0 Å². The molecule has 0 saturated heterocycles. The number of esters is 1.